The minimum Gasteiger partial charge on any atom is -0.354 e. The van der Waals surface area contributed by atoms with Crippen molar-refractivity contribution in [3.8, 4) is 16.8 Å². The van der Waals surface area contributed by atoms with Gasteiger partial charge < -0.3 is 9.55 Å². The molecule has 0 bridgehead atoms. The molecule has 0 saturated heterocycles. The molecule has 0 aliphatic rings. The SMILES string of the molecule is Brc1cccc2[nH]c3ccc(-n4c5ccccc5c5cc(-c6cccc(I)c6)ccc54)cc3c12. The fraction of sp³-hybridized carbons (Fsp3) is 0. The van der Waals surface area contributed by atoms with Crippen molar-refractivity contribution >= 4 is 82.1 Å². The molecule has 0 saturated carbocycles. The van der Waals surface area contributed by atoms with Gasteiger partial charge in [-0.2, -0.15) is 0 Å². The molecule has 2 nitrogen and oxygen atoms in total. The molecule has 0 radical (unpaired) electrons. The molecule has 5 aromatic carbocycles. The molecule has 7 aromatic rings. The quantitative estimate of drug-likeness (QED) is 0.188. The molecule has 0 spiro atoms. The van der Waals surface area contributed by atoms with Crippen LogP contribution in [0, 0.1) is 3.57 Å². The van der Waals surface area contributed by atoms with Gasteiger partial charge in [0, 0.05) is 46.3 Å². The Kier molecular flexibility index (Phi) is 4.61. The Balaban J connectivity index is 1.52. The number of hydrogen-bond donors (Lipinski definition) is 1. The summed E-state index contributed by atoms with van der Waals surface area (Å²) >= 11 is 6.14. The van der Waals surface area contributed by atoms with Crippen molar-refractivity contribution in [2.24, 2.45) is 0 Å². The summed E-state index contributed by atoms with van der Waals surface area (Å²) in [5.74, 6) is 0. The number of halogens is 2. The monoisotopic (exact) mass is 612 g/mol. The highest BCUT2D eigenvalue weighted by atomic mass is 127. The fourth-order valence-corrected chi connectivity index (χ4v) is 6.26. The summed E-state index contributed by atoms with van der Waals surface area (Å²) in [5, 5.41) is 4.99. The van der Waals surface area contributed by atoms with E-state index in [2.05, 4.69) is 151 Å². The predicted octanol–water partition coefficient (Wildman–Crippen LogP) is 9.45. The summed E-state index contributed by atoms with van der Waals surface area (Å²) in [4.78, 5) is 3.56. The topological polar surface area (TPSA) is 20.7 Å². The van der Waals surface area contributed by atoms with E-state index in [9.17, 15) is 0 Å². The predicted molar refractivity (Wildman–Crippen MR) is 156 cm³/mol. The van der Waals surface area contributed by atoms with Crippen LogP contribution in [0.5, 0.6) is 0 Å². The van der Waals surface area contributed by atoms with Crippen molar-refractivity contribution in [2.45, 2.75) is 0 Å². The normalized spacial score (nSPS) is 11.8. The van der Waals surface area contributed by atoms with Crippen LogP contribution in [0.1, 0.15) is 0 Å². The van der Waals surface area contributed by atoms with Gasteiger partial charge in [0.25, 0.3) is 0 Å². The van der Waals surface area contributed by atoms with Crippen LogP contribution in [0.15, 0.2) is 108 Å². The lowest BCUT2D eigenvalue weighted by Crippen LogP contribution is -1.93. The van der Waals surface area contributed by atoms with Gasteiger partial charge in [-0.05, 0) is 94.4 Å². The molecule has 0 aliphatic heterocycles. The Labute approximate surface area is 218 Å². The number of rotatable bonds is 2. The Bertz CT molecular complexity index is 1890. The highest BCUT2D eigenvalue weighted by molar-refractivity contribution is 14.1. The summed E-state index contributed by atoms with van der Waals surface area (Å²) in [7, 11) is 0. The van der Waals surface area contributed by atoms with Crippen molar-refractivity contribution in [1.82, 2.24) is 9.55 Å². The zero-order chi connectivity index (χ0) is 22.8. The zero-order valence-corrected chi connectivity index (χ0v) is 21.8. The van der Waals surface area contributed by atoms with Gasteiger partial charge >= 0.3 is 0 Å². The number of benzene rings is 5. The number of H-pyrrole nitrogens is 1. The van der Waals surface area contributed by atoms with Gasteiger partial charge in [0.2, 0.25) is 0 Å². The van der Waals surface area contributed by atoms with Crippen LogP contribution in [0.4, 0.5) is 0 Å². The molecule has 0 unspecified atom stereocenters. The van der Waals surface area contributed by atoms with E-state index < -0.39 is 0 Å². The maximum absolute atomic E-state index is 3.76. The number of nitrogens with one attached hydrogen (secondary N) is 1. The highest BCUT2D eigenvalue weighted by Crippen LogP contribution is 2.37. The number of aromatic amines is 1. The average Bonchev–Trinajstić information content (AvgIpc) is 3.39. The van der Waals surface area contributed by atoms with Crippen LogP contribution >= 0.6 is 38.5 Å². The van der Waals surface area contributed by atoms with Gasteiger partial charge in [-0.1, -0.05) is 58.4 Å². The summed E-state index contributed by atoms with van der Waals surface area (Å²) in [6, 6.07) is 37.2. The molecule has 7 rings (SSSR count). The first-order valence-electron chi connectivity index (χ1n) is 11.2. The maximum atomic E-state index is 3.76. The second kappa shape index (κ2) is 7.72. The molecule has 2 heterocycles. The zero-order valence-electron chi connectivity index (χ0n) is 18.0. The third-order valence-electron chi connectivity index (χ3n) is 6.64. The Hall–Kier alpha value is -3.09. The molecular formula is C30H18BrIN2. The first-order valence-corrected chi connectivity index (χ1v) is 13.0. The molecule has 4 heteroatoms. The molecular weight excluding hydrogens is 595 g/mol. The maximum Gasteiger partial charge on any atom is 0.0541 e. The number of nitrogens with zero attached hydrogens (tertiary/aromatic N) is 1. The third-order valence-corrected chi connectivity index (χ3v) is 7.98. The van der Waals surface area contributed by atoms with E-state index in [1.807, 2.05) is 0 Å². The second-order valence-electron chi connectivity index (χ2n) is 8.61. The summed E-state index contributed by atoms with van der Waals surface area (Å²) in [6.45, 7) is 0. The summed E-state index contributed by atoms with van der Waals surface area (Å²) in [5.41, 5.74) is 8.38. The minimum atomic E-state index is 1.11. The number of hydrogen-bond acceptors (Lipinski definition) is 0. The van der Waals surface area contributed by atoms with Crippen LogP contribution < -0.4 is 0 Å². The molecule has 162 valence electrons. The summed E-state index contributed by atoms with van der Waals surface area (Å²) < 4.78 is 4.74. The Morgan fingerprint density at radius 1 is 0.618 bits per heavy atom. The summed E-state index contributed by atoms with van der Waals surface area (Å²) in [6.07, 6.45) is 0. The van der Waals surface area contributed by atoms with Crippen LogP contribution in [-0.4, -0.2) is 9.55 Å². The molecule has 0 atom stereocenters. The van der Waals surface area contributed by atoms with E-state index in [-0.39, 0.29) is 0 Å². The van der Waals surface area contributed by atoms with Crippen molar-refractivity contribution in [3.63, 3.8) is 0 Å². The van der Waals surface area contributed by atoms with Gasteiger partial charge in [-0.3, -0.25) is 0 Å². The number of fused-ring (bicyclic) bond motifs is 6. The van der Waals surface area contributed by atoms with Gasteiger partial charge in [0.15, 0.2) is 0 Å². The Morgan fingerprint density at radius 3 is 2.35 bits per heavy atom. The van der Waals surface area contributed by atoms with Crippen LogP contribution in [0.25, 0.3) is 60.4 Å². The van der Waals surface area contributed by atoms with E-state index in [1.54, 1.807) is 0 Å². The lowest BCUT2D eigenvalue weighted by atomic mass is 10.0. The van der Waals surface area contributed by atoms with E-state index in [0.29, 0.717) is 0 Å². The Morgan fingerprint density at radius 2 is 1.44 bits per heavy atom. The van der Waals surface area contributed by atoms with E-state index >= 15 is 0 Å². The lowest BCUT2D eigenvalue weighted by Gasteiger charge is -2.09. The second-order valence-corrected chi connectivity index (χ2v) is 10.7. The highest BCUT2D eigenvalue weighted by Gasteiger charge is 2.15. The minimum absolute atomic E-state index is 1.11. The van der Waals surface area contributed by atoms with E-state index in [1.165, 1.54) is 47.3 Å². The molecule has 0 fully saturated rings. The standard InChI is InChI=1S/C30H18BrIN2/c31-25-8-4-9-27-30(25)24-17-21(12-13-26(24)33-27)34-28-10-2-1-7-22(28)23-16-19(11-14-29(23)34)18-5-3-6-20(32)15-18/h1-17,33H. The van der Waals surface area contributed by atoms with Crippen molar-refractivity contribution in [3.05, 3.63) is 111 Å². The van der Waals surface area contributed by atoms with Crippen LogP contribution in [0.2, 0.25) is 0 Å². The van der Waals surface area contributed by atoms with Crippen LogP contribution in [-0.2, 0) is 0 Å². The first-order chi connectivity index (χ1) is 16.7. The van der Waals surface area contributed by atoms with Gasteiger partial charge in [-0.25, -0.2) is 0 Å². The molecule has 1 N–H and O–H groups in total. The average molecular weight is 613 g/mol. The van der Waals surface area contributed by atoms with E-state index in [0.717, 1.165) is 21.2 Å². The molecule has 0 aliphatic carbocycles. The lowest BCUT2D eigenvalue weighted by molar-refractivity contribution is 1.19. The number of aromatic nitrogens is 2. The van der Waals surface area contributed by atoms with Crippen molar-refractivity contribution in [2.75, 3.05) is 0 Å². The van der Waals surface area contributed by atoms with Crippen molar-refractivity contribution < 1.29 is 0 Å². The molecule has 2 aromatic heterocycles. The van der Waals surface area contributed by atoms with Gasteiger partial charge in [0.05, 0.1) is 11.0 Å². The van der Waals surface area contributed by atoms with E-state index in [4.69, 9.17) is 0 Å². The van der Waals surface area contributed by atoms with Gasteiger partial charge in [-0.15, -0.1) is 0 Å². The van der Waals surface area contributed by atoms with Gasteiger partial charge in [0.1, 0.15) is 0 Å². The van der Waals surface area contributed by atoms with Crippen LogP contribution in [0.3, 0.4) is 0 Å². The van der Waals surface area contributed by atoms with Crippen molar-refractivity contribution in [1.29, 1.82) is 0 Å². The molecule has 34 heavy (non-hydrogen) atoms. The largest absolute Gasteiger partial charge is 0.354 e. The smallest absolute Gasteiger partial charge is 0.0541 e. The first kappa shape index (κ1) is 20.3. The molecule has 0 amide bonds. The fourth-order valence-electron chi connectivity index (χ4n) is 5.13. The number of para-hydroxylation sites is 1. The third kappa shape index (κ3) is 3.05.